The minimum absolute atomic E-state index is 0.0996. The number of nitrogens with one attached hydrogen (secondary N) is 1. The van der Waals surface area contributed by atoms with Gasteiger partial charge in [-0.25, -0.2) is 9.37 Å². The molecule has 0 radical (unpaired) electrons. The molecule has 0 saturated carbocycles. The van der Waals surface area contributed by atoms with Gasteiger partial charge < -0.3 is 11.1 Å². The lowest BCUT2D eigenvalue weighted by molar-refractivity contribution is 0.102. The van der Waals surface area contributed by atoms with E-state index in [9.17, 15) is 9.18 Å². The van der Waals surface area contributed by atoms with Crippen molar-refractivity contribution in [2.75, 3.05) is 11.1 Å². The summed E-state index contributed by atoms with van der Waals surface area (Å²) in [6.07, 6.45) is 1.41. The standard InChI is InChI=1S/C12H8BrClFN3O/c13-8-4-9(15)10(16)3-7(8)12(19)18-11-2-1-6(14)5-17-11/h1-5H,16H2,(H,17,18,19). The molecule has 2 aromatic rings. The first-order valence-electron chi connectivity index (χ1n) is 5.15. The number of pyridine rings is 1. The average Bonchev–Trinajstić information content (AvgIpc) is 2.36. The van der Waals surface area contributed by atoms with Crippen LogP contribution in [-0.2, 0) is 0 Å². The Morgan fingerprint density at radius 1 is 1.42 bits per heavy atom. The van der Waals surface area contributed by atoms with E-state index in [1.165, 1.54) is 12.3 Å². The molecule has 0 fully saturated rings. The lowest BCUT2D eigenvalue weighted by Gasteiger charge is -2.07. The molecule has 2 rings (SSSR count). The predicted molar refractivity (Wildman–Crippen MR) is 75.7 cm³/mol. The van der Waals surface area contributed by atoms with Crippen LogP contribution in [0, 0.1) is 5.82 Å². The first kappa shape index (κ1) is 13.8. The smallest absolute Gasteiger partial charge is 0.258 e. The number of carbonyl (C=O) groups is 1. The summed E-state index contributed by atoms with van der Waals surface area (Å²) in [4.78, 5) is 15.9. The molecule has 98 valence electrons. The first-order valence-corrected chi connectivity index (χ1v) is 6.32. The lowest BCUT2D eigenvalue weighted by atomic mass is 10.2. The highest BCUT2D eigenvalue weighted by Crippen LogP contribution is 2.23. The van der Waals surface area contributed by atoms with E-state index in [2.05, 4.69) is 26.2 Å². The summed E-state index contributed by atoms with van der Waals surface area (Å²) in [6.45, 7) is 0. The fourth-order valence-electron chi connectivity index (χ4n) is 1.37. The van der Waals surface area contributed by atoms with Crippen molar-refractivity contribution < 1.29 is 9.18 Å². The van der Waals surface area contributed by atoms with Crippen LogP contribution in [0.1, 0.15) is 10.4 Å². The fraction of sp³-hybridized carbons (Fsp3) is 0. The highest BCUT2D eigenvalue weighted by atomic mass is 79.9. The van der Waals surface area contributed by atoms with E-state index < -0.39 is 11.7 Å². The third-order valence-electron chi connectivity index (χ3n) is 2.30. The number of nitrogen functional groups attached to an aromatic ring is 1. The van der Waals surface area contributed by atoms with Crippen molar-refractivity contribution in [3.63, 3.8) is 0 Å². The van der Waals surface area contributed by atoms with Crippen molar-refractivity contribution in [3.8, 4) is 0 Å². The van der Waals surface area contributed by atoms with Crippen molar-refractivity contribution in [1.29, 1.82) is 0 Å². The monoisotopic (exact) mass is 343 g/mol. The Labute approximate surface area is 121 Å². The van der Waals surface area contributed by atoms with Gasteiger partial charge in [0.1, 0.15) is 11.6 Å². The molecule has 0 unspecified atom stereocenters. The van der Waals surface area contributed by atoms with E-state index >= 15 is 0 Å². The average molecular weight is 345 g/mol. The normalized spacial score (nSPS) is 10.3. The lowest BCUT2D eigenvalue weighted by Crippen LogP contribution is -2.14. The van der Waals surface area contributed by atoms with E-state index in [1.807, 2.05) is 0 Å². The molecule has 0 aliphatic heterocycles. The van der Waals surface area contributed by atoms with Gasteiger partial charge in [-0.2, -0.15) is 0 Å². The molecule has 4 nitrogen and oxygen atoms in total. The zero-order chi connectivity index (χ0) is 14.0. The van der Waals surface area contributed by atoms with Gasteiger partial charge in [0, 0.05) is 10.7 Å². The molecule has 0 bridgehead atoms. The Balaban J connectivity index is 2.25. The van der Waals surface area contributed by atoms with Gasteiger partial charge in [0.25, 0.3) is 5.91 Å². The van der Waals surface area contributed by atoms with Crippen LogP contribution >= 0.6 is 27.5 Å². The summed E-state index contributed by atoms with van der Waals surface area (Å²) in [7, 11) is 0. The molecule has 0 aliphatic carbocycles. The largest absolute Gasteiger partial charge is 0.396 e. The van der Waals surface area contributed by atoms with E-state index in [4.69, 9.17) is 17.3 Å². The Morgan fingerprint density at radius 2 is 2.16 bits per heavy atom. The van der Waals surface area contributed by atoms with Gasteiger partial charge in [-0.1, -0.05) is 11.6 Å². The topological polar surface area (TPSA) is 68.0 Å². The summed E-state index contributed by atoms with van der Waals surface area (Å²) in [5, 5.41) is 3.02. The van der Waals surface area contributed by atoms with Gasteiger partial charge in [0.15, 0.2) is 0 Å². The van der Waals surface area contributed by atoms with Gasteiger partial charge in [-0.15, -0.1) is 0 Å². The molecule has 1 heterocycles. The van der Waals surface area contributed by atoms with Crippen LogP contribution in [0.4, 0.5) is 15.9 Å². The number of anilines is 2. The molecular formula is C12H8BrClFN3O. The molecule has 0 spiro atoms. The number of aromatic nitrogens is 1. The first-order chi connectivity index (χ1) is 8.97. The molecule has 1 amide bonds. The van der Waals surface area contributed by atoms with Crippen LogP contribution < -0.4 is 11.1 Å². The maximum Gasteiger partial charge on any atom is 0.258 e. The van der Waals surface area contributed by atoms with E-state index in [0.717, 1.165) is 6.07 Å². The third-order valence-corrected chi connectivity index (χ3v) is 3.18. The molecule has 1 aromatic heterocycles. The Hall–Kier alpha value is -1.66. The van der Waals surface area contributed by atoms with Gasteiger partial charge in [0.05, 0.1) is 16.3 Å². The van der Waals surface area contributed by atoms with Crippen LogP contribution in [0.15, 0.2) is 34.9 Å². The Morgan fingerprint density at radius 3 is 2.79 bits per heavy atom. The Kier molecular flexibility index (Phi) is 4.01. The van der Waals surface area contributed by atoms with Crippen molar-refractivity contribution in [2.24, 2.45) is 0 Å². The summed E-state index contributed by atoms with van der Waals surface area (Å²) < 4.78 is 13.5. The van der Waals surface area contributed by atoms with Crippen LogP contribution in [-0.4, -0.2) is 10.9 Å². The van der Waals surface area contributed by atoms with Crippen LogP contribution in [0.25, 0.3) is 0 Å². The number of hydrogen-bond donors (Lipinski definition) is 2. The van der Waals surface area contributed by atoms with E-state index in [0.29, 0.717) is 15.3 Å². The number of amides is 1. The zero-order valence-corrected chi connectivity index (χ0v) is 11.8. The van der Waals surface area contributed by atoms with E-state index in [1.54, 1.807) is 12.1 Å². The molecule has 7 heteroatoms. The second-order valence-corrected chi connectivity index (χ2v) is 4.96. The minimum atomic E-state index is -0.590. The summed E-state index contributed by atoms with van der Waals surface area (Å²) in [6, 6.07) is 5.55. The zero-order valence-electron chi connectivity index (χ0n) is 9.45. The maximum atomic E-state index is 13.2. The Bertz CT molecular complexity index is 634. The molecule has 3 N–H and O–H groups in total. The molecule has 1 aromatic carbocycles. The van der Waals surface area contributed by atoms with Crippen LogP contribution in [0.2, 0.25) is 5.02 Å². The van der Waals surface area contributed by atoms with Crippen LogP contribution in [0.5, 0.6) is 0 Å². The van der Waals surface area contributed by atoms with Crippen molar-refractivity contribution in [2.45, 2.75) is 0 Å². The second kappa shape index (κ2) is 5.54. The fourth-order valence-corrected chi connectivity index (χ4v) is 1.98. The molecule has 0 atom stereocenters. The molecule has 19 heavy (non-hydrogen) atoms. The van der Waals surface area contributed by atoms with Gasteiger partial charge in [-0.3, -0.25) is 4.79 Å². The number of hydrogen-bond acceptors (Lipinski definition) is 3. The van der Waals surface area contributed by atoms with Crippen LogP contribution in [0.3, 0.4) is 0 Å². The van der Waals surface area contributed by atoms with Gasteiger partial charge >= 0.3 is 0 Å². The number of nitrogens with zero attached hydrogens (tertiary/aromatic N) is 1. The third kappa shape index (κ3) is 3.21. The number of nitrogens with two attached hydrogens (primary N) is 1. The van der Waals surface area contributed by atoms with Gasteiger partial charge in [-0.05, 0) is 40.2 Å². The predicted octanol–water partition coefficient (Wildman–Crippen LogP) is 3.47. The number of benzene rings is 1. The van der Waals surface area contributed by atoms with Crippen molar-refractivity contribution in [3.05, 3.63) is 51.3 Å². The minimum Gasteiger partial charge on any atom is -0.396 e. The van der Waals surface area contributed by atoms with Crippen molar-refractivity contribution >= 4 is 44.9 Å². The second-order valence-electron chi connectivity index (χ2n) is 3.67. The molecular weight excluding hydrogens is 337 g/mol. The number of rotatable bonds is 2. The van der Waals surface area contributed by atoms with Gasteiger partial charge in [0.2, 0.25) is 0 Å². The van der Waals surface area contributed by atoms with Crippen molar-refractivity contribution in [1.82, 2.24) is 4.98 Å². The summed E-state index contributed by atoms with van der Waals surface area (Å²) >= 11 is 8.80. The highest BCUT2D eigenvalue weighted by molar-refractivity contribution is 9.10. The quantitative estimate of drug-likeness (QED) is 0.820. The SMILES string of the molecule is Nc1cc(C(=O)Nc2ccc(Cl)cn2)c(Br)cc1F. The van der Waals surface area contributed by atoms with E-state index in [-0.39, 0.29) is 11.3 Å². The molecule has 0 saturated heterocycles. The number of carbonyl (C=O) groups excluding carboxylic acids is 1. The molecule has 0 aliphatic rings. The summed E-state index contributed by atoms with van der Waals surface area (Å²) in [5.41, 5.74) is 5.55. The highest BCUT2D eigenvalue weighted by Gasteiger charge is 2.14. The summed E-state index contributed by atoms with van der Waals surface area (Å²) in [5.74, 6) is -0.703. The maximum absolute atomic E-state index is 13.2. The number of halogens is 3.